The van der Waals surface area contributed by atoms with Gasteiger partial charge in [0.05, 0.1) is 22.8 Å². The number of pyridine rings is 2. The second-order valence-electron chi connectivity index (χ2n) is 7.52. The molecule has 0 radical (unpaired) electrons. The maximum Gasteiger partial charge on any atom is 0.170 e. The summed E-state index contributed by atoms with van der Waals surface area (Å²) in [4.78, 5) is 11.0. The summed E-state index contributed by atoms with van der Waals surface area (Å²) < 4.78 is 15.8. The molecule has 1 aliphatic heterocycles. The van der Waals surface area contributed by atoms with Crippen molar-refractivity contribution in [2.24, 2.45) is 0 Å². The van der Waals surface area contributed by atoms with E-state index in [1.54, 1.807) is 24.5 Å². The third kappa shape index (κ3) is 3.85. The Balaban J connectivity index is 1.61. The average molecular weight is 464 g/mol. The highest BCUT2D eigenvalue weighted by atomic mass is 35.5. The average Bonchev–Trinajstić information content (AvgIpc) is 3.42. The molecular formula is C24H19ClFN5S. The van der Waals surface area contributed by atoms with Gasteiger partial charge in [0, 0.05) is 42.7 Å². The summed E-state index contributed by atoms with van der Waals surface area (Å²) in [7, 11) is 0. The van der Waals surface area contributed by atoms with Gasteiger partial charge in [-0.3, -0.25) is 9.97 Å². The summed E-state index contributed by atoms with van der Waals surface area (Å²) in [6.45, 7) is 0.586. The smallest absolute Gasteiger partial charge is 0.170 e. The molecule has 8 heteroatoms. The highest BCUT2D eigenvalue weighted by molar-refractivity contribution is 7.80. The maximum atomic E-state index is 13.8. The number of hydrogen-bond donors (Lipinski definition) is 1. The van der Waals surface area contributed by atoms with Gasteiger partial charge in [-0.05, 0) is 66.3 Å². The fraction of sp³-hybridized carbons (Fsp3) is 0.125. The third-order valence-electron chi connectivity index (χ3n) is 5.54. The van der Waals surface area contributed by atoms with E-state index in [1.165, 1.54) is 6.07 Å². The lowest BCUT2D eigenvalue weighted by Gasteiger charge is -2.29. The van der Waals surface area contributed by atoms with Gasteiger partial charge < -0.3 is 14.8 Å². The molecule has 0 bridgehead atoms. The predicted molar refractivity (Wildman–Crippen MR) is 126 cm³/mol. The molecule has 0 spiro atoms. The summed E-state index contributed by atoms with van der Waals surface area (Å²) in [6.07, 6.45) is 7.31. The van der Waals surface area contributed by atoms with Crippen LogP contribution in [0.25, 0.3) is 5.69 Å². The van der Waals surface area contributed by atoms with E-state index in [2.05, 4.69) is 20.2 Å². The first-order chi connectivity index (χ1) is 15.6. The van der Waals surface area contributed by atoms with E-state index in [9.17, 15) is 4.39 Å². The lowest BCUT2D eigenvalue weighted by molar-refractivity contribution is 0.302. The first kappa shape index (κ1) is 20.6. The van der Waals surface area contributed by atoms with Gasteiger partial charge in [-0.25, -0.2) is 4.39 Å². The van der Waals surface area contributed by atoms with Crippen LogP contribution in [0.3, 0.4) is 0 Å². The second-order valence-corrected chi connectivity index (χ2v) is 8.31. The zero-order valence-electron chi connectivity index (χ0n) is 16.9. The highest BCUT2D eigenvalue weighted by Gasteiger charge is 2.41. The van der Waals surface area contributed by atoms with Crippen molar-refractivity contribution in [2.75, 3.05) is 0 Å². The van der Waals surface area contributed by atoms with Gasteiger partial charge in [0.2, 0.25) is 0 Å². The molecule has 1 fully saturated rings. The van der Waals surface area contributed by atoms with Crippen LogP contribution in [-0.4, -0.2) is 24.5 Å². The molecule has 3 aromatic heterocycles. The molecule has 160 valence electrons. The highest BCUT2D eigenvalue weighted by Crippen LogP contribution is 2.40. The Kier molecular flexibility index (Phi) is 5.59. The Morgan fingerprint density at radius 1 is 1.06 bits per heavy atom. The van der Waals surface area contributed by atoms with E-state index in [0.717, 1.165) is 22.6 Å². The quantitative estimate of drug-likeness (QED) is 0.410. The lowest BCUT2D eigenvalue weighted by Crippen LogP contribution is -2.30. The number of rotatable bonds is 5. The molecule has 4 heterocycles. The first-order valence-electron chi connectivity index (χ1n) is 10.1. The van der Waals surface area contributed by atoms with Crippen LogP contribution in [0.5, 0.6) is 0 Å². The van der Waals surface area contributed by atoms with Crippen molar-refractivity contribution in [3.05, 3.63) is 113 Å². The van der Waals surface area contributed by atoms with Gasteiger partial charge >= 0.3 is 0 Å². The Hall–Kier alpha value is -3.29. The van der Waals surface area contributed by atoms with Crippen molar-refractivity contribution in [2.45, 2.75) is 18.6 Å². The van der Waals surface area contributed by atoms with E-state index in [4.69, 9.17) is 23.8 Å². The second kappa shape index (κ2) is 8.68. The SMILES string of the molecule is Fc1ccc(-n2cccc2[C@H]2[C@H](c3ccccn3)NC(=S)N2Cc2cccnc2)cc1Cl. The fourth-order valence-corrected chi connectivity index (χ4v) is 4.57. The minimum atomic E-state index is -0.447. The van der Waals surface area contributed by atoms with Gasteiger partial charge in [0.1, 0.15) is 5.82 Å². The van der Waals surface area contributed by atoms with Gasteiger partial charge in [0.15, 0.2) is 5.11 Å². The van der Waals surface area contributed by atoms with E-state index in [1.807, 2.05) is 59.4 Å². The van der Waals surface area contributed by atoms with Gasteiger partial charge in [0.25, 0.3) is 0 Å². The lowest BCUT2D eigenvalue weighted by atomic mass is 10.0. The molecule has 4 aromatic rings. The number of nitrogens with zero attached hydrogens (tertiary/aromatic N) is 4. The van der Waals surface area contributed by atoms with Gasteiger partial charge in [-0.1, -0.05) is 23.7 Å². The molecule has 0 amide bonds. The van der Waals surface area contributed by atoms with E-state index in [0.29, 0.717) is 11.7 Å². The number of benzene rings is 1. The molecule has 0 aliphatic carbocycles. The number of hydrogen-bond acceptors (Lipinski definition) is 3. The third-order valence-corrected chi connectivity index (χ3v) is 6.18. The minimum Gasteiger partial charge on any atom is -0.352 e. The first-order valence-corrected chi connectivity index (χ1v) is 10.9. The molecule has 0 saturated carbocycles. The van der Waals surface area contributed by atoms with Crippen molar-refractivity contribution in [3.63, 3.8) is 0 Å². The molecule has 1 N–H and O–H groups in total. The van der Waals surface area contributed by atoms with Crippen molar-refractivity contribution < 1.29 is 4.39 Å². The molecule has 1 aliphatic rings. The van der Waals surface area contributed by atoms with Crippen LogP contribution in [0.15, 0.2) is 85.5 Å². The number of thiocarbonyl (C=S) groups is 1. The van der Waals surface area contributed by atoms with E-state index < -0.39 is 5.82 Å². The van der Waals surface area contributed by atoms with Crippen molar-refractivity contribution in [1.82, 2.24) is 24.8 Å². The minimum absolute atomic E-state index is 0.0794. The number of aromatic nitrogens is 3. The van der Waals surface area contributed by atoms with Crippen LogP contribution in [0.2, 0.25) is 5.02 Å². The Morgan fingerprint density at radius 3 is 2.72 bits per heavy atom. The Labute approximate surface area is 195 Å². The van der Waals surface area contributed by atoms with Crippen molar-refractivity contribution in [1.29, 1.82) is 0 Å². The fourth-order valence-electron chi connectivity index (χ4n) is 4.09. The van der Waals surface area contributed by atoms with Crippen molar-refractivity contribution in [3.8, 4) is 5.69 Å². The topological polar surface area (TPSA) is 46.0 Å². The summed E-state index contributed by atoms with van der Waals surface area (Å²) in [5, 5.41) is 4.17. The monoisotopic (exact) mass is 463 g/mol. The van der Waals surface area contributed by atoms with Crippen molar-refractivity contribution >= 4 is 28.9 Å². The van der Waals surface area contributed by atoms with Crippen LogP contribution < -0.4 is 5.32 Å². The zero-order valence-corrected chi connectivity index (χ0v) is 18.5. The van der Waals surface area contributed by atoms with Crippen LogP contribution in [-0.2, 0) is 6.54 Å². The molecule has 2 atom stereocenters. The molecule has 32 heavy (non-hydrogen) atoms. The Morgan fingerprint density at radius 2 is 1.97 bits per heavy atom. The summed E-state index contributed by atoms with van der Waals surface area (Å²) in [5.74, 6) is -0.447. The maximum absolute atomic E-state index is 13.8. The number of nitrogens with one attached hydrogen (secondary N) is 1. The number of halogens is 2. The van der Waals surface area contributed by atoms with Crippen LogP contribution >= 0.6 is 23.8 Å². The molecule has 1 aromatic carbocycles. The molecule has 1 saturated heterocycles. The molecule has 5 nitrogen and oxygen atoms in total. The van der Waals surface area contributed by atoms with Crippen LogP contribution in [0, 0.1) is 5.82 Å². The molecular weight excluding hydrogens is 445 g/mol. The Bertz CT molecular complexity index is 1250. The van der Waals surface area contributed by atoms with E-state index >= 15 is 0 Å². The predicted octanol–water partition coefficient (Wildman–Crippen LogP) is 5.23. The summed E-state index contributed by atoms with van der Waals surface area (Å²) >= 11 is 11.8. The van der Waals surface area contributed by atoms with Crippen LogP contribution in [0.4, 0.5) is 4.39 Å². The summed E-state index contributed by atoms with van der Waals surface area (Å²) in [6, 6.07) is 18.2. The zero-order chi connectivity index (χ0) is 22.1. The van der Waals surface area contributed by atoms with Gasteiger partial charge in [-0.15, -0.1) is 0 Å². The summed E-state index contributed by atoms with van der Waals surface area (Å²) in [5.41, 5.74) is 3.69. The van der Waals surface area contributed by atoms with Gasteiger partial charge in [-0.2, -0.15) is 0 Å². The molecule has 0 unspecified atom stereocenters. The molecule has 5 rings (SSSR count). The van der Waals surface area contributed by atoms with Crippen LogP contribution in [0.1, 0.15) is 29.0 Å². The largest absolute Gasteiger partial charge is 0.352 e. The standard InChI is InChI=1S/C24H19ClFN5S/c25-18-13-17(8-9-19(18)26)30-12-4-7-21(30)23-22(20-6-1-2-11-28-20)29-24(32)31(23)15-16-5-3-10-27-14-16/h1-14,22-23H,15H2,(H,29,32)/t22-,23-/m0/s1. The normalized spacial score (nSPS) is 18.1. The van der Waals surface area contributed by atoms with E-state index in [-0.39, 0.29) is 17.1 Å².